The second kappa shape index (κ2) is 7.53. The zero-order chi connectivity index (χ0) is 15.9. The van der Waals surface area contributed by atoms with Gasteiger partial charge in [-0.2, -0.15) is 5.10 Å². The quantitative estimate of drug-likeness (QED) is 0.607. The van der Waals surface area contributed by atoms with Crippen LogP contribution in [-0.2, 0) is 19.1 Å². The van der Waals surface area contributed by atoms with Crippen molar-refractivity contribution in [2.45, 2.75) is 44.6 Å². The van der Waals surface area contributed by atoms with E-state index >= 15 is 0 Å². The Bertz CT molecular complexity index is 511. The molecule has 0 atom stereocenters. The summed E-state index contributed by atoms with van der Waals surface area (Å²) >= 11 is 0. The van der Waals surface area contributed by atoms with Gasteiger partial charge in [0.2, 0.25) is 5.91 Å². The molecule has 1 heterocycles. The third-order valence-electron chi connectivity index (χ3n) is 3.42. The van der Waals surface area contributed by atoms with E-state index < -0.39 is 24.5 Å². The molecule has 9 heteroatoms. The maximum Gasteiger partial charge on any atom is 0.355 e. The predicted octanol–water partition coefficient (Wildman–Crippen LogP) is -0.436. The van der Waals surface area contributed by atoms with Crippen molar-refractivity contribution in [2.24, 2.45) is 5.10 Å². The van der Waals surface area contributed by atoms with Crippen LogP contribution in [0.4, 0.5) is 4.79 Å². The van der Waals surface area contributed by atoms with Crippen LogP contribution in [0.5, 0.6) is 0 Å². The number of imide groups is 1. The highest BCUT2D eigenvalue weighted by Crippen LogP contribution is 2.17. The number of nitrogens with zero attached hydrogens (tertiary/aromatic N) is 1. The first-order valence-corrected chi connectivity index (χ1v) is 7.17. The lowest BCUT2D eigenvalue weighted by Gasteiger charge is -2.13. The minimum Gasteiger partial charge on any atom is -0.451 e. The summed E-state index contributed by atoms with van der Waals surface area (Å²) < 4.78 is 4.74. The van der Waals surface area contributed by atoms with Crippen LogP contribution >= 0.6 is 0 Å². The first kappa shape index (κ1) is 15.9. The Morgan fingerprint density at radius 1 is 1.23 bits per heavy atom. The van der Waals surface area contributed by atoms with Crippen molar-refractivity contribution in [3.63, 3.8) is 0 Å². The minimum absolute atomic E-state index is 0.0443. The van der Waals surface area contributed by atoms with Gasteiger partial charge in [0, 0.05) is 18.9 Å². The second-order valence-corrected chi connectivity index (χ2v) is 5.17. The number of carbonyl (C=O) groups excluding carboxylic acids is 4. The number of amides is 4. The van der Waals surface area contributed by atoms with Gasteiger partial charge in [-0.1, -0.05) is 12.8 Å². The molecule has 2 rings (SSSR count). The van der Waals surface area contributed by atoms with Crippen LogP contribution in [0, 0.1) is 0 Å². The normalized spacial score (nSPS) is 18.2. The van der Waals surface area contributed by atoms with Gasteiger partial charge >= 0.3 is 12.0 Å². The highest BCUT2D eigenvalue weighted by molar-refractivity contribution is 6.37. The van der Waals surface area contributed by atoms with Crippen LogP contribution in [0.2, 0.25) is 0 Å². The summed E-state index contributed by atoms with van der Waals surface area (Å²) in [6.45, 7) is -0.579. The topological polar surface area (TPSA) is 126 Å². The molecule has 1 fully saturated rings. The molecule has 1 saturated carbocycles. The van der Waals surface area contributed by atoms with Gasteiger partial charge in [0.1, 0.15) is 5.71 Å². The fourth-order valence-electron chi connectivity index (χ4n) is 2.29. The molecule has 2 aliphatic rings. The summed E-state index contributed by atoms with van der Waals surface area (Å²) in [5, 5.41) is 8.33. The summed E-state index contributed by atoms with van der Waals surface area (Å²) in [7, 11) is 0. The van der Waals surface area contributed by atoms with E-state index in [2.05, 4.69) is 21.2 Å². The number of esters is 1. The summed E-state index contributed by atoms with van der Waals surface area (Å²) in [4.78, 5) is 45.5. The fraction of sp³-hybridized carbons (Fsp3) is 0.615. The third kappa shape index (κ3) is 4.83. The maximum atomic E-state index is 11.6. The fourth-order valence-corrected chi connectivity index (χ4v) is 2.29. The Labute approximate surface area is 126 Å². The van der Waals surface area contributed by atoms with Gasteiger partial charge < -0.3 is 10.1 Å². The molecule has 0 unspecified atom stereocenters. The Kier molecular flexibility index (Phi) is 5.45. The molecule has 0 aromatic rings. The smallest absolute Gasteiger partial charge is 0.355 e. The van der Waals surface area contributed by atoms with Gasteiger partial charge in [-0.3, -0.25) is 14.9 Å². The van der Waals surface area contributed by atoms with E-state index in [0.29, 0.717) is 0 Å². The van der Waals surface area contributed by atoms with Crippen LogP contribution in [-0.4, -0.2) is 42.2 Å². The zero-order valence-electron chi connectivity index (χ0n) is 12.0. The van der Waals surface area contributed by atoms with Crippen molar-refractivity contribution >= 4 is 29.5 Å². The molecule has 9 nitrogen and oxygen atoms in total. The number of carbonyl (C=O) groups is 4. The van der Waals surface area contributed by atoms with Crippen LogP contribution in [0.15, 0.2) is 5.10 Å². The zero-order valence-corrected chi connectivity index (χ0v) is 12.0. The Morgan fingerprint density at radius 2 is 1.95 bits per heavy atom. The van der Waals surface area contributed by atoms with Crippen LogP contribution in [0.25, 0.3) is 0 Å². The number of urea groups is 1. The third-order valence-corrected chi connectivity index (χ3v) is 3.42. The number of rotatable bonds is 4. The standard InChI is InChI=1S/C13H18N4O5/c18-10-6-5-9(16-17-10)12(20)22-7-11(19)15-13(21)14-8-3-1-2-4-8/h8H,1-7H2,(H,17,18)(H2,14,15,19,21). The van der Waals surface area contributed by atoms with Crippen LogP contribution in [0.3, 0.4) is 0 Å². The van der Waals surface area contributed by atoms with Crippen molar-refractivity contribution in [1.82, 2.24) is 16.1 Å². The molecule has 1 aliphatic heterocycles. The van der Waals surface area contributed by atoms with E-state index in [-0.39, 0.29) is 30.5 Å². The molecule has 0 radical (unpaired) electrons. The Balaban J connectivity index is 1.67. The molecule has 0 bridgehead atoms. The van der Waals surface area contributed by atoms with E-state index in [1.807, 2.05) is 0 Å². The Morgan fingerprint density at radius 3 is 2.59 bits per heavy atom. The van der Waals surface area contributed by atoms with E-state index in [9.17, 15) is 19.2 Å². The number of hydrogen-bond acceptors (Lipinski definition) is 6. The molecule has 3 N–H and O–H groups in total. The number of hydrazone groups is 1. The molecule has 4 amide bonds. The second-order valence-electron chi connectivity index (χ2n) is 5.17. The van der Waals surface area contributed by atoms with Gasteiger partial charge in [-0.15, -0.1) is 0 Å². The van der Waals surface area contributed by atoms with E-state index in [4.69, 9.17) is 4.74 Å². The van der Waals surface area contributed by atoms with Crippen LogP contribution in [0.1, 0.15) is 38.5 Å². The summed E-state index contributed by atoms with van der Waals surface area (Å²) in [5.41, 5.74) is 2.20. The molecule has 120 valence electrons. The van der Waals surface area contributed by atoms with Gasteiger partial charge in [0.15, 0.2) is 6.61 Å². The molecule has 0 aromatic heterocycles. The molecular weight excluding hydrogens is 292 g/mol. The summed E-state index contributed by atoms with van der Waals surface area (Å²) in [6, 6.07) is -0.495. The first-order chi connectivity index (χ1) is 10.5. The van der Waals surface area contributed by atoms with Crippen molar-refractivity contribution in [3.8, 4) is 0 Å². The average molecular weight is 310 g/mol. The number of ether oxygens (including phenoxy) is 1. The van der Waals surface area contributed by atoms with Gasteiger partial charge in [-0.05, 0) is 12.8 Å². The van der Waals surface area contributed by atoms with Crippen molar-refractivity contribution < 1.29 is 23.9 Å². The van der Waals surface area contributed by atoms with E-state index in [1.54, 1.807) is 0 Å². The minimum atomic E-state index is -0.786. The molecule has 0 saturated heterocycles. The maximum absolute atomic E-state index is 11.6. The van der Waals surface area contributed by atoms with Crippen molar-refractivity contribution in [3.05, 3.63) is 0 Å². The molecule has 1 aliphatic carbocycles. The lowest BCUT2D eigenvalue weighted by atomic mass is 10.2. The number of hydrogen-bond donors (Lipinski definition) is 3. The predicted molar refractivity (Wildman–Crippen MR) is 74.7 cm³/mol. The van der Waals surface area contributed by atoms with E-state index in [0.717, 1.165) is 25.7 Å². The first-order valence-electron chi connectivity index (χ1n) is 7.17. The highest BCUT2D eigenvalue weighted by Gasteiger charge is 2.21. The SMILES string of the molecule is O=C1CCC(C(=O)OCC(=O)NC(=O)NC2CCCC2)=NN1. The van der Waals surface area contributed by atoms with Gasteiger partial charge in [0.05, 0.1) is 0 Å². The summed E-state index contributed by atoms with van der Waals surface area (Å²) in [5.74, 6) is -1.78. The largest absolute Gasteiger partial charge is 0.451 e. The van der Waals surface area contributed by atoms with Crippen LogP contribution < -0.4 is 16.1 Å². The average Bonchev–Trinajstić information content (AvgIpc) is 2.98. The molecule has 22 heavy (non-hydrogen) atoms. The van der Waals surface area contributed by atoms with Gasteiger partial charge in [-0.25, -0.2) is 15.0 Å². The lowest BCUT2D eigenvalue weighted by Crippen LogP contribution is -2.45. The van der Waals surface area contributed by atoms with Gasteiger partial charge in [0.25, 0.3) is 5.91 Å². The molecule has 0 spiro atoms. The lowest BCUT2D eigenvalue weighted by molar-refractivity contribution is -0.142. The molecular formula is C13H18N4O5. The highest BCUT2D eigenvalue weighted by atomic mass is 16.5. The summed E-state index contributed by atoms with van der Waals surface area (Å²) in [6.07, 6.45) is 4.24. The Hall–Kier alpha value is -2.45. The van der Waals surface area contributed by atoms with Crippen molar-refractivity contribution in [1.29, 1.82) is 0 Å². The monoisotopic (exact) mass is 310 g/mol. The van der Waals surface area contributed by atoms with Crippen molar-refractivity contribution in [2.75, 3.05) is 6.61 Å². The molecule has 0 aromatic carbocycles. The van der Waals surface area contributed by atoms with E-state index in [1.165, 1.54) is 0 Å². The number of nitrogens with one attached hydrogen (secondary N) is 3.